The molecule has 1 aromatic carbocycles. The number of halogens is 1. The van der Waals surface area contributed by atoms with E-state index in [1.807, 2.05) is 20.0 Å². The van der Waals surface area contributed by atoms with Gasteiger partial charge in [0.15, 0.2) is 0 Å². The summed E-state index contributed by atoms with van der Waals surface area (Å²) in [5.74, 6) is 1.39. The van der Waals surface area contributed by atoms with E-state index in [0.717, 1.165) is 5.56 Å². The van der Waals surface area contributed by atoms with Gasteiger partial charge < -0.3 is 20.1 Å². The molecule has 0 saturated carbocycles. The van der Waals surface area contributed by atoms with E-state index in [9.17, 15) is 9.18 Å². The second-order valence-corrected chi connectivity index (χ2v) is 6.10. The molecule has 1 amide bonds. The monoisotopic (exact) mass is 428 g/mol. The lowest BCUT2D eigenvalue weighted by molar-refractivity contribution is 0.0163. The van der Waals surface area contributed by atoms with Crippen molar-refractivity contribution in [3.8, 4) is 12.0 Å². The zero-order chi connectivity index (χ0) is 22.8. The Balaban J connectivity index is 0.00000166. The van der Waals surface area contributed by atoms with Crippen LogP contribution in [0.2, 0.25) is 0 Å². The summed E-state index contributed by atoms with van der Waals surface area (Å²) in [6, 6.07) is 6.36. The number of pyridine rings is 1. The fourth-order valence-electron chi connectivity index (χ4n) is 2.91. The third-order valence-electron chi connectivity index (χ3n) is 4.14. The lowest BCUT2D eigenvalue weighted by Crippen LogP contribution is -2.28. The molecule has 0 aliphatic heterocycles. The highest BCUT2D eigenvalue weighted by Crippen LogP contribution is 2.34. The van der Waals surface area contributed by atoms with Gasteiger partial charge in [-0.1, -0.05) is 19.9 Å². The van der Waals surface area contributed by atoms with Crippen molar-refractivity contribution in [2.24, 2.45) is 0 Å². The van der Waals surface area contributed by atoms with Crippen molar-refractivity contribution in [1.82, 2.24) is 15.0 Å². The van der Waals surface area contributed by atoms with Crippen molar-refractivity contribution in [1.29, 1.82) is 0 Å². The Hall–Kier alpha value is -3.61. The van der Waals surface area contributed by atoms with Gasteiger partial charge in [0.25, 0.3) is 5.91 Å². The van der Waals surface area contributed by atoms with Crippen molar-refractivity contribution >= 4 is 28.2 Å². The number of hydrogen-bond donors (Lipinski definition) is 4. The van der Waals surface area contributed by atoms with E-state index < -0.39 is 11.7 Å². The number of aliphatic hydroxyl groups excluding tert-OH is 2. The topological polar surface area (TPSA) is 109 Å². The molecule has 0 radical (unpaired) electrons. The average Bonchev–Trinajstić information content (AvgIpc) is 3.09. The van der Waals surface area contributed by atoms with Crippen LogP contribution in [0.3, 0.4) is 0 Å². The van der Waals surface area contributed by atoms with Gasteiger partial charge in [-0.3, -0.25) is 14.6 Å². The summed E-state index contributed by atoms with van der Waals surface area (Å²) in [6.45, 7) is 5.40. The van der Waals surface area contributed by atoms with Crippen LogP contribution in [-0.2, 0) is 11.4 Å². The highest BCUT2D eigenvalue weighted by molar-refractivity contribution is 6.09. The number of benzene rings is 1. The van der Waals surface area contributed by atoms with E-state index in [-0.39, 0.29) is 31.1 Å². The van der Waals surface area contributed by atoms with Crippen molar-refractivity contribution in [3.63, 3.8) is 0 Å². The van der Waals surface area contributed by atoms with Crippen LogP contribution in [-0.4, -0.2) is 38.9 Å². The molecule has 2 aromatic heterocycles. The lowest BCUT2D eigenvalue weighted by atomic mass is 10.2. The second-order valence-electron chi connectivity index (χ2n) is 6.10. The number of rotatable bonds is 7. The van der Waals surface area contributed by atoms with Crippen LogP contribution in [0, 0.1) is 24.8 Å². The van der Waals surface area contributed by atoms with Crippen LogP contribution >= 0.6 is 0 Å². The van der Waals surface area contributed by atoms with E-state index >= 15 is 0 Å². The number of aryl methyl sites for hydroxylation is 1. The molecule has 164 valence electrons. The molecule has 31 heavy (non-hydrogen) atoms. The first-order valence-electron chi connectivity index (χ1n) is 9.71. The lowest BCUT2D eigenvalue weighted by Gasteiger charge is -2.12. The van der Waals surface area contributed by atoms with Crippen molar-refractivity contribution in [2.75, 3.05) is 18.5 Å². The maximum absolute atomic E-state index is 14.4. The van der Waals surface area contributed by atoms with Crippen molar-refractivity contribution in [2.45, 2.75) is 27.3 Å². The third-order valence-corrected chi connectivity index (χ3v) is 4.14. The van der Waals surface area contributed by atoms with Crippen LogP contribution in [0.4, 0.5) is 15.8 Å². The Bertz CT molecular complexity index is 1100. The van der Waals surface area contributed by atoms with Gasteiger partial charge >= 0.3 is 0 Å². The summed E-state index contributed by atoms with van der Waals surface area (Å²) >= 11 is 0. The third kappa shape index (κ3) is 5.51. The molecule has 0 fully saturated rings. The van der Waals surface area contributed by atoms with Crippen LogP contribution in [0.1, 0.15) is 29.9 Å². The van der Waals surface area contributed by atoms with Gasteiger partial charge in [-0.25, -0.2) is 9.87 Å². The number of carbonyl (C=O) groups excluding carboxylic acids is 1. The summed E-state index contributed by atoms with van der Waals surface area (Å²) in [6.07, 6.45) is 4.90. The van der Waals surface area contributed by atoms with Crippen LogP contribution in [0.25, 0.3) is 10.9 Å². The van der Waals surface area contributed by atoms with E-state index in [4.69, 9.17) is 15.1 Å². The number of amides is 1. The predicted octanol–water partition coefficient (Wildman–Crippen LogP) is 3.24. The molecule has 0 aliphatic carbocycles. The molecule has 4 N–H and O–H groups in total. The quantitative estimate of drug-likeness (QED) is 0.261. The largest absolute Gasteiger partial charge is 0.462 e. The molecule has 0 aliphatic rings. The van der Waals surface area contributed by atoms with Gasteiger partial charge in [0.1, 0.15) is 17.6 Å². The van der Waals surface area contributed by atoms with Gasteiger partial charge in [0.2, 0.25) is 0 Å². The van der Waals surface area contributed by atoms with Crippen LogP contribution in [0.15, 0.2) is 36.7 Å². The average molecular weight is 428 g/mol. The molecular weight excluding hydrogens is 403 g/mol. The standard InChI is InChI=1S/C20H19FN4O4.C2H6/c1-13-3-4-16(15(21)11-13)23-18-14-12-22-6-5-17(14)25(7-2-8-26)19(18)20(28)24-29-10-9-27;1-2/h3-6,11-12,23,26-27H,7,9-10H2,1H3,(H,24,28);1-2H3. The maximum Gasteiger partial charge on any atom is 0.293 e. The van der Waals surface area contributed by atoms with E-state index in [2.05, 4.69) is 21.7 Å². The van der Waals surface area contributed by atoms with Crippen LogP contribution in [0.5, 0.6) is 0 Å². The Morgan fingerprint density at radius 1 is 1.32 bits per heavy atom. The minimum absolute atomic E-state index is 0.00216. The molecule has 8 nitrogen and oxygen atoms in total. The number of hydrogen-bond acceptors (Lipinski definition) is 6. The summed E-state index contributed by atoms with van der Waals surface area (Å²) < 4.78 is 16.0. The Morgan fingerprint density at radius 3 is 2.77 bits per heavy atom. The summed E-state index contributed by atoms with van der Waals surface area (Å²) in [4.78, 5) is 21.8. The van der Waals surface area contributed by atoms with Crippen molar-refractivity contribution < 1.29 is 24.2 Å². The van der Waals surface area contributed by atoms with Crippen LogP contribution < -0.4 is 10.8 Å². The normalized spacial score (nSPS) is 9.97. The smallest absolute Gasteiger partial charge is 0.293 e. The first kappa shape index (κ1) is 23.7. The molecule has 0 spiro atoms. The van der Waals surface area contributed by atoms with Gasteiger partial charge in [-0.05, 0) is 36.6 Å². The first-order valence-corrected chi connectivity index (χ1v) is 9.71. The second kappa shape index (κ2) is 11.5. The summed E-state index contributed by atoms with van der Waals surface area (Å²) in [5, 5.41) is 21.3. The number of hydroxylamine groups is 1. The Morgan fingerprint density at radius 2 is 2.10 bits per heavy atom. The predicted molar refractivity (Wildman–Crippen MR) is 116 cm³/mol. The van der Waals surface area contributed by atoms with Gasteiger partial charge in [-0.15, -0.1) is 0 Å². The number of nitrogens with one attached hydrogen (secondary N) is 2. The maximum atomic E-state index is 14.4. The molecule has 9 heteroatoms. The molecule has 0 bridgehead atoms. The molecular formula is C22H25FN4O4. The minimum atomic E-state index is -0.635. The summed E-state index contributed by atoms with van der Waals surface area (Å²) in [7, 11) is 0. The molecule has 3 rings (SSSR count). The fourth-order valence-corrected chi connectivity index (χ4v) is 2.91. The van der Waals surface area contributed by atoms with Crippen molar-refractivity contribution in [3.05, 3.63) is 53.7 Å². The Kier molecular flexibility index (Phi) is 8.81. The van der Waals surface area contributed by atoms with Gasteiger partial charge in [0, 0.05) is 17.8 Å². The van der Waals surface area contributed by atoms with Gasteiger partial charge in [0.05, 0.1) is 36.6 Å². The highest BCUT2D eigenvalue weighted by atomic mass is 19.1. The van der Waals surface area contributed by atoms with E-state index in [0.29, 0.717) is 16.6 Å². The number of nitrogens with zero attached hydrogens (tertiary/aromatic N) is 2. The molecule has 2 heterocycles. The SMILES string of the molecule is CC.Cc1ccc(Nc2c(C(=O)NOCCO)n(CC#CO)c3ccncc23)c(F)c1. The first-order chi connectivity index (χ1) is 15.1. The zero-order valence-corrected chi connectivity index (χ0v) is 17.6. The highest BCUT2D eigenvalue weighted by Gasteiger charge is 2.24. The molecule has 0 saturated heterocycles. The number of anilines is 2. The fraction of sp³-hybridized carbons (Fsp3) is 0.273. The Labute approximate surface area is 179 Å². The molecule has 0 unspecified atom stereocenters. The zero-order valence-electron chi connectivity index (χ0n) is 17.6. The van der Waals surface area contributed by atoms with E-state index in [1.165, 1.54) is 12.3 Å². The van der Waals surface area contributed by atoms with E-state index in [1.54, 1.807) is 35.9 Å². The number of carbonyl (C=O) groups is 1. The number of aliphatic hydroxyl groups is 2. The molecule has 0 atom stereocenters. The molecule has 3 aromatic rings. The minimum Gasteiger partial charge on any atom is -0.462 e. The number of fused-ring (bicyclic) bond motifs is 1. The number of aromatic nitrogens is 2. The van der Waals surface area contributed by atoms with Gasteiger partial charge in [-0.2, -0.15) is 0 Å². The summed E-state index contributed by atoms with van der Waals surface area (Å²) in [5.41, 5.74) is 4.19.